The molecule has 0 aromatic heterocycles. The van der Waals surface area contributed by atoms with Gasteiger partial charge in [0.2, 0.25) is 0 Å². The average molecular weight is 299 g/mol. The lowest BCUT2D eigenvalue weighted by Crippen LogP contribution is -2.50. The molecule has 1 rings (SSSR count). The van der Waals surface area contributed by atoms with Crippen molar-refractivity contribution in [2.75, 3.05) is 40.3 Å². The van der Waals surface area contributed by atoms with Gasteiger partial charge in [-0.25, -0.2) is 0 Å². The van der Waals surface area contributed by atoms with Crippen LogP contribution in [0.1, 0.15) is 46.0 Å². The second-order valence-electron chi connectivity index (χ2n) is 6.31. The van der Waals surface area contributed by atoms with E-state index < -0.39 is 11.5 Å². The summed E-state index contributed by atoms with van der Waals surface area (Å²) < 4.78 is 0. The number of nitrogens with zero attached hydrogens (tertiary/aromatic N) is 2. The standard InChI is InChI=1S/C16H33N3O2/c1-5-14-13-18(4)10-8-12-19(14)11-7-9-16(6-2,17-3)15(20)21/h14,17H,5-13H2,1-4H3,(H,20,21). The molecule has 2 unspecified atom stereocenters. The van der Waals surface area contributed by atoms with Gasteiger partial charge in [0.15, 0.2) is 0 Å². The predicted octanol–water partition coefficient (Wildman–Crippen LogP) is 1.64. The van der Waals surface area contributed by atoms with Crippen LogP contribution in [-0.4, -0.2) is 72.7 Å². The Hall–Kier alpha value is -0.650. The third kappa shape index (κ3) is 4.94. The maximum absolute atomic E-state index is 11.5. The van der Waals surface area contributed by atoms with Crippen LogP contribution in [0.2, 0.25) is 0 Å². The second-order valence-corrected chi connectivity index (χ2v) is 6.31. The van der Waals surface area contributed by atoms with Crippen molar-refractivity contribution in [3.63, 3.8) is 0 Å². The van der Waals surface area contributed by atoms with E-state index in [1.165, 1.54) is 6.42 Å². The van der Waals surface area contributed by atoms with Crippen LogP contribution in [0.3, 0.4) is 0 Å². The highest BCUT2D eigenvalue weighted by atomic mass is 16.4. The normalized spacial score (nSPS) is 24.5. The zero-order valence-corrected chi connectivity index (χ0v) is 14.2. The Morgan fingerprint density at radius 3 is 2.62 bits per heavy atom. The van der Waals surface area contributed by atoms with Crippen molar-refractivity contribution in [3.8, 4) is 0 Å². The molecule has 1 saturated heterocycles. The van der Waals surface area contributed by atoms with E-state index in [0.717, 1.165) is 39.0 Å². The molecule has 21 heavy (non-hydrogen) atoms. The average Bonchev–Trinajstić information content (AvgIpc) is 2.65. The SMILES string of the molecule is CCC1CN(C)CCCN1CCCC(CC)(NC)C(=O)O. The summed E-state index contributed by atoms with van der Waals surface area (Å²) in [4.78, 5) is 16.5. The lowest BCUT2D eigenvalue weighted by molar-refractivity contribution is -0.145. The first-order valence-corrected chi connectivity index (χ1v) is 8.34. The van der Waals surface area contributed by atoms with E-state index in [9.17, 15) is 9.90 Å². The van der Waals surface area contributed by atoms with E-state index in [4.69, 9.17) is 0 Å². The Balaban J connectivity index is 2.54. The maximum Gasteiger partial charge on any atom is 0.323 e. The molecule has 0 saturated carbocycles. The largest absolute Gasteiger partial charge is 0.480 e. The van der Waals surface area contributed by atoms with Gasteiger partial charge in [-0.05, 0) is 65.8 Å². The Kier molecular flexibility index (Phi) is 7.63. The molecule has 0 radical (unpaired) electrons. The molecule has 0 amide bonds. The maximum atomic E-state index is 11.5. The van der Waals surface area contributed by atoms with Gasteiger partial charge in [0.05, 0.1) is 0 Å². The van der Waals surface area contributed by atoms with E-state index in [1.54, 1.807) is 7.05 Å². The van der Waals surface area contributed by atoms with Crippen LogP contribution in [0.4, 0.5) is 0 Å². The van der Waals surface area contributed by atoms with Crippen LogP contribution in [0.15, 0.2) is 0 Å². The second kappa shape index (κ2) is 8.71. The summed E-state index contributed by atoms with van der Waals surface area (Å²) >= 11 is 0. The molecule has 1 aliphatic heterocycles. The first kappa shape index (κ1) is 18.4. The molecule has 1 aliphatic rings. The van der Waals surface area contributed by atoms with Crippen LogP contribution >= 0.6 is 0 Å². The van der Waals surface area contributed by atoms with Crippen molar-refractivity contribution in [3.05, 3.63) is 0 Å². The molecule has 0 spiro atoms. The first-order valence-electron chi connectivity index (χ1n) is 8.34. The summed E-state index contributed by atoms with van der Waals surface area (Å²) in [5.41, 5.74) is -0.760. The molecular formula is C16H33N3O2. The van der Waals surface area contributed by atoms with Gasteiger partial charge < -0.3 is 15.3 Å². The molecular weight excluding hydrogens is 266 g/mol. The molecule has 2 atom stereocenters. The van der Waals surface area contributed by atoms with E-state index in [-0.39, 0.29) is 0 Å². The van der Waals surface area contributed by atoms with Crippen LogP contribution in [0.5, 0.6) is 0 Å². The Labute approximate surface area is 129 Å². The van der Waals surface area contributed by atoms with Crippen molar-refractivity contribution in [2.45, 2.75) is 57.5 Å². The monoisotopic (exact) mass is 299 g/mol. The van der Waals surface area contributed by atoms with Crippen molar-refractivity contribution in [1.29, 1.82) is 0 Å². The summed E-state index contributed by atoms with van der Waals surface area (Å²) in [5, 5.41) is 12.5. The molecule has 5 nitrogen and oxygen atoms in total. The van der Waals surface area contributed by atoms with E-state index >= 15 is 0 Å². The molecule has 0 aliphatic carbocycles. The number of carbonyl (C=O) groups is 1. The van der Waals surface area contributed by atoms with Gasteiger partial charge in [-0.15, -0.1) is 0 Å². The van der Waals surface area contributed by atoms with Gasteiger partial charge in [-0.3, -0.25) is 9.69 Å². The molecule has 124 valence electrons. The first-order chi connectivity index (χ1) is 9.99. The van der Waals surface area contributed by atoms with Crippen molar-refractivity contribution in [2.24, 2.45) is 0 Å². The Bertz CT molecular complexity index is 319. The molecule has 1 heterocycles. The Morgan fingerprint density at radius 1 is 1.38 bits per heavy atom. The number of nitrogens with one attached hydrogen (secondary N) is 1. The minimum atomic E-state index is -0.760. The van der Waals surface area contributed by atoms with Gasteiger partial charge in [-0.2, -0.15) is 0 Å². The summed E-state index contributed by atoms with van der Waals surface area (Å²) in [6.07, 6.45) is 4.61. The minimum Gasteiger partial charge on any atom is -0.480 e. The van der Waals surface area contributed by atoms with Gasteiger partial charge in [0, 0.05) is 12.6 Å². The number of carboxylic acid groups (broad SMARTS) is 1. The fraction of sp³-hybridized carbons (Fsp3) is 0.938. The fourth-order valence-corrected chi connectivity index (χ4v) is 3.40. The summed E-state index contributed by atoms with van der Waals surface area (Å²) in [6.45, 7) is 8.62. The van der Waals surface area contributed by atoms with Crippen molar-refractivity contribution < 1.29 is 9.90 Å². The highest BCUT2D eigenvalue weighted by Crippen LogP contribution is 2.19. The van der Waals surface area contributed by atoms with E-state index in [1.807, 2.05) is 6.92 Å². The Morgan fingerprint density at radius 2 is 2.10 bits per heavy atom. The quantitative estimate of drug-likeness (QED) is 0.713. The third-order valence-electron chi connectivity index (χ3n) is 5.04. The number of likely N-dealkylation sites (N-methyl/N-ethyl adjacent to an activating group) is 2. The molecule has 1 fully saturated rings. The molecule has 0 aromatic carbocycles. The van der Waals surface area contributed by atoms with Gasteiger partial charge >= 0.3 is 5.97 Å². The number of hydrogen-bond acceptors (Lipinski definition) is 4. The van der Waals surface area contributed by atoms with Gasteiger partial charge in [-0.1, -0.05) is 13.8 Å². The lowest BCUT2D eigenvalue weighted by atomic mass is 9.90. The fourth-order valence-electron chi connectivity index (χ4n) is 3.40. The smallest absolute Gasteiger partial charge is 0.323 e. The molecule has 0 bridgehead atoms. The topological polar surface area (TPSA) is 55.8 Å². The van der Waals surface area contributed by atoms with Crippen LogP contribution in [0, 0.1) is 0 Å². The lowest BCUT2D eigenvalue weighted by Gasteiger charge is -2.32. The molecule has 5 heteroatoms. The number of carboxylic acids is 1. The van der Waals surface area contributed by atoms with Gasteiger partial charge in [0.25, 0.3) is 0 Å². The van der Waals surface area contributed by atoms with E-state index in [0.29, 0.717) is 18.9 Å². The highest BCUT2D eigenvalue weighted by molar-refractivity contribution is 5.78. The van der Waals surface area contributed by atoms with Crippen LogP contribution in [-0.2, 0) is 4.79 Å². The summed E-state index contributed by atoms with van der Waals surface area (Å²) in [6, 6.07) is 0.605. The summed E-state index contributed by atoms with van der Waals surface area (Å²) in [7, 11) is 3.95. The van der Waals surface area contributed by atoms with Gasteiger partial charge in [0.1, 0.15) is 5.54 Å². The minimum absolute atomic E-state index is 0.605. The van der Waals surface area contributed by atoms with Crippen LogP contribution in [0.25, 0.3) is 0 Å². The van der Waals surface area contributed by atoms with E-state index in [2.05, 4.69) is 29.1 Å². The third-order valence-corrected chi connectivity index (χ3v) is 5.04. The zero-order valence-electron chi connectivity index (χ0n) is 14.2. The van der Waals surface area contributed by atoms with Crippen molar-refractivity contribution in [1.82, 2.24) is 15.1 Å². The van der Waals surface area contributed by atoms with Crippen LogP contribution < -0.4 is 5.32 Å². The predicted molar refractivity (Wildman–Crippen MR) is 86.7 cm³/mol. The zero-order chi connectivity index (χ0) is 15.9. The number of rotatable bonds is 8. The highest BCUT2D eigenvalue weighted by Gasteiger charge is 2.34. The molecule has 2 N–H and O–H groups in total. The molecule has 0 aromatic rings. The van der Waals surface area contributed by atoms with Crippen molar-refractivity contribution >= 4 is 5.97 Å². The number of hydrogen-bond donors (Lipinski definition) is 2. The number of aliphatic carboxylic acids is 1. The summed E-state index contributed by atoms with van der Waals surface area (Å²) in [5.74, 6) is -0.727.